The van der Waals surface area contributed by atoms with Gasteiger partial charge in [-0.15, -0.1) is 0 Å². The highest BCUT2D eigenvalue weighted by molar-refractivity contribution is 6.34. The van der Waals surface area contributed by atoms with E-state index in [0.29, 0.717) is 12.1 Å². The largest absolute Gasteiger partial charge is 0.465 e. The average molecular weight is 343 g/mol. The van der Waals surface area contributed by atoms with Crippen LogP contribution in [0.3, 0.4) is 0 Å². The summed E-state index contributed by atoms with van der Waals surface area (Å²) in [5.74, 6) is -0.800. The quantitative estimate of drug-likeness (QED) is 0.712. The van der Waals surface area contributed by atoms with Gasteiger partial charge in [0.25, 0.3) is 5.91 Å². The SMILES string of the molecule is COC(=O)c1ccc(C(=O)NCc2ccc3cc[nH]c3c2)cc1Cl. The number of hydrogen-bond acceptors (Lipinski definition) is 3. The zero-order valence-electron chi connectivity index (χ0n) is 12.9. The van der Waals surface area contributed by atoms with Crippen LogP contribution < -0.4 is 5.32 Å². The molecule has 3 aromatic rings. The molecule has 0 radical (unpaired) electrons. The smallest absolute Gasteiger partial charge is 0.339 e. The molecule has 0 saturated carbocycles. The van der Waals surface area contributed by atoms with E-state index in [9.17, 15) is 9.59 Å². The zero-order chi connectivity index (χ0) is 17.1. The molecule has 3 rings (SSSR count). The van der Waals surface area contributed by atoms with Gasteiger partial charge in [0.05, 0.1) is 17.7 Å². The predicted molar refractivity (Wildman–Crippen MR) is 92.3 cm³/mol. The van der Waals surface area contributed by atoms with Crippen LogP contribution in [0, 0.1) is 0 Å². The van der Waals surface area contributed by atoms with Crippen LogP contribution in [-0.2, 0) is 11.3 Å². The van der Waals surface area contributed by atoms with Gasteiger partial charge in [-0.1, -0.05) is 23.7 Å². The molecular weight excluding hydrogens is 328 g/mol. The molecular formula is C18H15ClN2O3. The molecule has 0 aliphatic rings. The highest BCUT2D eigenvalue weighted by Crippen LogP contribution is 2.19. The Morgan fingerprint density at radius 2 is 2.00 bits per heavy atom. The Kier molecular flexibility index (Phi) is 4.53. The number of rotatable bonds is 4. The van der Waals surface area contributed by atoms with E-state index in [2.05, 4.69) is 15.0 Å². The highest BCUT2D eigenvalue weighted by atomic mass is 35.5. The topological polar surface area (TPSA) is 71.2 Å². The van der Waals surface area contributed by atoms with Gasteiger partial charge in [0.15, 0.2) is 0 Å². The molecule has 1 heterocycles. The molecule has 0 aliphatic carbocycles. The molecule has 0 saturated heterocycles. The van der Waals surface area contributed by atoms with Crippen molar-refractivity contribution in [3.63, 3.8) is 0 Å². The third kappa shape index (κ3) is 3.26. The fraction of sp³-hybridized carbons (Fsp3) is 0.111. The molecule has 0 spiro atoms. The number of methoxy groups -OCH3 is 1. The van der Waals surface area contributed by atoms with Gasteiger partial charge in [0, 0.05) is 23.8 Å². The molecule has 1 aromatic heterocycles. The summed E-state index contributed by atoms with van der Waals surface area (Å²) in [6, 6.07) is 12.4. The average Bonchev–Trinajstić information content (AvgIpc) is 3.06. The maximum atomic E-state index is 12.2. The second kappa shape index (κ2) is 6.76. The van der Waals surface area contributed by atoms with E-state index in [1.165, 1.54) is 19.2 Å². The Morgan fingerprint density at radius 3 is 2.75 bits per heavy atom. The van der Waals surface area contributed by atoms with Gasteiger partial charge in [-0.25, -0.2) is 4.79 Å². The number of carbonyl (C=O) groups is 2. The zero-order valence-corrected chi connectivity index (χ0v) is 13.7. The molecule has 5 nitrogen and oxygen atoms in total. The first-order valence-electron chi connectivity index (χ1n) is 7.30. The van der Waals surface area contributed by atoms with Gasteiger partial charge in [0.2, 0.25) is 0 Å². The summed E-state index contributed by atoms with van der Waals surface area (Å²) in [6.07, 6.45) is 1.87. The second-order valence-corrected chi connectivity index (χ2v) is 5.68. The van der Waals surface area contributed by atoms with E-state index in [-0.39, 0.29) is 16.5 Å². The van der Waals surface area contributed by atoms with Gasteiger partial charge in [-0.2, -0.15) is 0 Å². The van der Waals surface area contributed by atoms with E-state index in [4.69, 9.17) is 11.6 Å². The maximum Gasteiger partial charge on any atom is 0.339 e. The minimum atomic E-state index is -0.536. The van der Waals surface area contributed by atoms with Crippen LogP contribution in [0.5, 0.6) is 0 Å². The monoisotopic (exact) mass is 342 g/mol. The molecule has 1 amide bonds. The van der Waals surface area contributed by atoms with Crippen molar-refractivity contribution in [1.29, 1.82) is 0 Å². The van der Waals surface area contributed by atoms with Crippen LogP contribution in [0.2, 0.25) is 5.02 Å². The number of amides is 1. The molecule has 0 atom stereocenters. The number of ether oxygens (including phenoxy) is 1. The van der Waals surface area contributed by atoms with Crippen LogP contribution in [0.15, 0.2) is 48.7 Å². The van der Waals surface area contributed by atoms with Crippen LogP contribution in [-0.4, -0.2) is 24.0 Å². The number of benzene rings is 2. The van der Waals surface area contributed by atoms with Crippen LogP contribution >= 0.6 is 11.6 Å². The van der Waals surface area contributed by atoms with Crippen molar-refractivity contribution in [1.82, 2.24) is 10.3 Å². The van der Waals surface area contributed by atoms with Gasteiger partial charge in [-0.3, -0.25) is 4.79 Å². The third-order valence-corrected chi connectivity index (χ3v) is 4.02. The molecule has 122 valence electrons. The number of hydrogen-bond donors (Lipinski definition) is 2. The number of esters is 1. The molecule has 0 fully saturated rings. The Balaban J connectivity index is 1.70. The van der Waals surface area contributed by atoms with Gasteiger partial charge < -0.3 is 15.0 Å². The van der Waals surface area contributed by atoms with Crippen molar-refractivity contribution >= 4 is 34.4 Å². The maximum absolute atomic E-state index is 12.2. The molecule has 6 heteroatoms. The van der Waals surface area contributed by atoms with E-state index in [1.54, 1.807) is 6.07 Å². The lowest BCUT2D eigenvalue weighted by Gasteiger charge is -2.08. The Bertz CT molecular complexity index is 918. The second-order valence-electron chi connectivity index (χ2n) is 5.27. The first kappa shape index (κ1) is 16.1. The summed E-state index contributed by atoms with van der Waals surface area (Å²) in [7, 11) is 1.28. The van der Waals surface area contributed by atoms with Crippen LogP contribution in [0.25, 0.3) is 10.9 Å². The minimum Gasteiger partial charge on any atom is -0.465 e. The van der Waals surface area contributed by atoms with E-state index in [0.717, 1.165) is 16.5 Å². The van der Waals surface area contributed by atoms with E-state index in [1.807, 2.05) is 30.5 Å². The van der Waals surface area contributed by atoms with E-state index < -0.39 is 5.97 Å². The van der Waals surface area contributed by atoms with Crippen LogP contribution in [0.4, 0.5) is 0 Å². The Morgan fingerprint density at radius 1 is 1.17 bits per heavy atom. The predicted octanol–water partition coefficient (Wildman–Crippen LogP) is 3.54. The summed E-state index contributed by atoms with van der Waals surface area (Å²) in [4.78, 5) is 26.9. The van der Waals surface area contributed by atoms with Crippen LogP contribution in [0.1, 0.15) is 26.3 Å². The molecule has 2 N–H and O–H groups in total. The number of aromatic amines is 1. The highest BCUT2D eigenvalue weighted by Gasteiger charge is 2.13. The molecule has 0 bridgehead atoms. The lowest BCUT2D eigenvalue weighted by Crippen LogP contribution is -2.23. The van der Waals surface area contributed by atoms with Gasteiger partial charge >= 0.3 is 5.97 Å². The Labute approximate surface area is 143 Å². The van der Waals surface area contributed by atoms with Crippen molar-refractivity contribution < 1.29 is 14.3 Å². The van der Waals surface area contributed by atoms with Gasteiger partial charge in [-0.05, 0) is 41.3 Å². The summed E-state index contributed by atoms with van der Waals surface area (Å²) >= 11 is 6.03. The number of fused-ring (bicyclic) bond motifs is 1. The van der Waals surface area contributed by atoms with E-state index >= 15 is 0 Å². The third-order valence-electron chi connectivity index (χ3n) is 3.71. The Hall–Kier alpha value is -2.79. The van der Waals surface area contributed by atoms with Crippen molar-refractivity contribution in [2.75, 3.05) is 7.11 Å². The van der Waals surface area contributed by atoms with Gasteiger partial charge in [0.1, 0.15) is 0 Å². The first-order valence-corrected chi connectivity index (χ1v) is 7.68. The summed E-state index contributed by atoms with van der Waals surface area (Å²) < 4.78 is 4.62. The molecule has 0 aliphatic heterocycles. The normalized spacial score (nSPS) is 10.6. The van der Waals surface area contributed by atoms with Crippen molar-refractivity contribution in [2.24, 2.45) is 0 Å². The number of nitrogens with one attached hydrogen (secondary N) is 2. The lowest BCUT2D eigenvalue weighted by molar-refractivity contribution is 0.0600. The van der Waals surface area contributed by atoms with Crippen molar-refractivity contribution in [3.8, 4) is 0 Å². The number of carbonyl (C=O) groups excluding carboxylic acids is 2. The molecule has 0 unspecified atom stereocenters. The molecule has 2 aromatic carbocycles. The molecule has 24 heavy (non-hydrogen) atoms. The number of aromatic nitrogens is 1. The summed E-state index contributed by atoms with van der Waals surface area (Å²) in [6.45, 7) is 0.393. The van der Waals surface area contributed by atoms with Crippen molar-refractivity contribution in [3.05, 3.63) is 70.4 Å². The fourth-order valence-electron chi connectivity index (χ4n) is 2.42. The fourth-order valence-corrected chi connectivity index (χ4v) is 2.68. The number of H-pyrrole nitrogens is 1. The first-order chi connectivity index (χ1) is 11.6. The van der Waals surface area contributed by atoms with Crippen molar-refractivity contribution in [2.45, 2.75) is 6.54 Å². The standard InChI is InChI=1S/C18H15ClN2O3/c1-24-18(23)14-5-4-13(9-15(14)19)17(22)21-10-11-2-3-12-6-7-20-16(12)8-11/h2-9,20H,10H2,1H3,(H,21,22). The number of halogens is 1. The minimum absolute atomic E-state index is 0.183. The summed E-state index contributed by atoms with van der Waals surface area (Å²) in [5, 5.41) is 4.14. The summed E-state index contributed by atoms with van der Waals surface area (Å²) in [5.41, 5.74) is 2.62. The lowest BCUT2D eigenvalue weighted by atomic mass is 10.1.